The van der Waals surface area contributed by atoms with Crippen LogP contribution in [0.3, 0.4) is 0 Å². The molecule has 0 bridgehead atoms. The highest BCUT2D eigenvalue weighted by Crippen LogP contribution is 2.31. The largest absolute Gasteiger partial charge is 0.495 e. The monoisotopic (exact) mass is 523 g/mol. The molecular weight excluding hydrogens is 494 g/mol. The van der Waals surface area contributed by atoms with Gasteiger partial charge in [0.15, 0.2) is 0 Å². The van der Waals surface area contributed by atoms with Crippen molar-refractivity contribution in [1.29, 1.82) is 0 Å². The van der Waals surface area contributed by atoms with E-state index in [1.165, 1.54) is 7.11 Å². The summed E-state index contributed by atoms with van der Waals surface area (Å²) in [6, 6.07) is 11.1. The van der Waals surface area contributed by atoms with Crippen LogP contribution in [0.4, 0.5) is 11.4 Å². The summed E-state index contributed by atoms with van der Waals surface area (Å²) < 4.78 is 10.9. The van der Waals surface area contributed by atoms with E-state index in [2.05, 4.69) is 39.2 Å². The first kappa shape index (κ1) is 25.1. The molecular formula is C27H30ClN5O4. The van der Waals surface area contributed by atoms with Crippen LogP contribution in [-0.4, -0.2) is 59.5 Å². The van der Waals surface area contributed by atoms with E-state index in [9.17, 15) is 9.90 Å². The molecule has 5 rings (SSSR count). The molecule has 0 saturated carbocycles. The number of morpholine rings is 1. The number of nitrogens with one attached hydrogen (secondary N) is 3. The highest BCUT2D eigenvalue weighted by Gasteiger charge is 2.20. The third-order valence-corrected chi connectivity index (χ3v) is 6.91. The Bertz CT molecular complexity index is 1480. The van der Waals surface area contributed by atoms with Crippen LogP contribution in [0.15, 0.2) is 47.4 Å². The van der Waals surface area contributed by atoms with Crippen molar-refractivity contribution in [3.63, 3.8) is 0 Å². The maximum Gasteiger partial charge on any atom is 0.261 e. The number of nitrogens with zero attached hydrogens (tertiary/aromatic N) is 2. The number of hydrogen-bond acceptors (Lipinski definition) is 7. The number of fused-ring (bicyclic) bond motifs is 1. The van der Waals surface area contributed by atoms with Crippen LogP contribution in [0.5, 0.6) is 5.75 Å². The SMILES string of the molecule is COc1ccc([C@H](O)CNc2cc[nH]c(=O)c2-c2nc3c(C)cc(N4CCO[C@@H](C)C4)cc3[nH]2)cc1Cl. The minimum absolute atomic E-state index is 0.164. The summed E-state index contributed by atoms with van der Waals surface area (Å²) in [5.74, 6) is 0.992. The number of aromatic nitrogens is 3. The molecule has 0 amide bonds. The van der Waals surface area contributed by atoms with Crippen molar-refractivity contribution in [2.75, 3.05) is 43.6 Å². The molecule has 9 nitrogen and oxygen atoms in total. The fourth-order valence-corrected chi connectivity index (χ4v) is 4.97. The lowest BCUT2D eigenvalue weighted by molar-refractivity contribution is 0.0532. The summed E-state index contributed by atoms with van der Waals surface area (Å²) in [5, 5.41) is 14.4. The zero-order valence-corrected chi connectivity index (χ0v) is 21.7. The van der Waals surface area contributed by atoms with Crippen LogP contribution in [0.25, 0.3) is 22.4 Å². The van der Waals surface area contributed by atoms with Crippen LogP contribution in [0.2, 0.25) is 5.02 Å². The van der Waals surface area contributed by atoms with Gasteiger partial charge in [0.05, 0.1) is 47.7 Å². The molecule has 2 aromatic heterocycles. The molecule has 3 heterocycles. The molecule has 1 aliphatic heterocycles. The number of ether oxygens (including phenoxy) is 2. The minimum Gasteiger partial charge on any atom is -0.495 e. The molecule has 10 heteroatoms. The Labute approximate surface area is 219 Å². The number of benzene rings is 2. The Morgan fingerprint density at radius 3 is 2.92 bits per heavy atom. The number of halogens is 1. The molecule has 37 heavy (non-hydrogen) atoms. The molecule has 2 atom stereocenters. The third-order valence-electron chi connectivity index (χ3n) is 6.61. The van der Waals surface area contributed by atoms with Crippen LogP contribution in [-0.2, 0) is 4.74 Å². The first-order valence-corrected chi connectivity index (χ1v) is 12.6. The topological polar surface area (TPSA) is 116 Å². The maximum absolute atomic E-state index is 12.9. The fraction of sp³-hybridized carbons (Fsp3) is 0.333. The number of aliphatic hydroxyl groups is 1. The predicted octanol–water partition coefficient (Wildman–Crippen LogP) is 4.26. The first-order chi connectivity index (χ1) is 17.8. The van der Waals surface area contributed by atoms with Gasteiger partial charge in [0.25, 0.3) is 5.56 Å². The second kappa shape index (κ2) is 10.5. The molecule has 1 aliphatic rings. The molecule has 1 saturated heterocycles. The summed E-state index contributed by atoms with van der Waals surface area (Å²) in [5.41, 5.74) is 5.05. The van der Waals surface area contributed by atoms with Crippen molar-refractivity contribution >= 4 is 34.0 Å². The Morgan fingerprint density at radius 1 is 1.32 bits per heavy atom. The highest BCUT2D eigenvalue weighted by molar-refractivity contribution is 6.32. The van der Waals surface area contributed by atoms with Crippen molar-refractivity contribution in [3.05, 3.63) is 69.1 Å². The number of anilines is 2. The van der Waals surface area contributed by atoms with Gasteiger partial charge < -0.3 is 34.8 Å². The second-order valence-electron chi connectivity index (χ2n) is 9.26. The summed E-state index contributed by atoms with van der Waals surface area (Å²) in [4.78, 5) is 26.1. The first-order valence-electron chi connectivity index (χ1n) is 12.2. The summed E-state index contributed by atoms with van der Waals surface area (Å²) >= 11 is 6.21. The number of aryl methyl sites for hydroxylation is 1. The van der Waals surface area contributed by atoms with E-state index in [1.54, 1.807) is 30.5 Å². The smallest absolute Gasteiger partial charge is 0.261 e. The van der Waals surface area contributed by atoms with Gasteiger partial charge in [-0.05, 0) is 55.3 Å². The summed E-state index contributed by atoms with van der Waals surface area (Å²) in [6.07, 6.45) is 0.881. The quantitative estimate of drug-likeness (QED) is 0.286. The molecule has 194 valence electrons. The van der Waals surface area contributed by atoms with Crippen LogP contribution >= 0.6 is 11.6 Å². The van der Waals surface area contributed by atoms with Crippen LogP contribution in [0.1, 0.15) is 24.2 Å². The van der Waals surface area contributed by atoms with Gasteiger partial charge in [0, 0.05) is 31.5 Å². The average Bonchev–Trinajstić information content (AvgIpc) is 3.31. The number of methoxy groups -OCH3 is 1. The Hall–Kier alpha value is -3.53. The minimum atomic E-state index is -0.855. The van der Waals surface area contributed by atoms with Gasteiger partial charge in [-0.1, -0.05) is 17.7 Å². The number of pyridine rings is 1. The van der Waals surface area contributed by atoms with Gasteiger partial charge in [0.1, 0.15) is 17.1 Å². The summed E-state index contributed by atoms with van der Waals surface area (Å²) in [6.45, 7) is 6.59. The van der Waals surface area contributed by atoms with Crippen molar-refractivity contribution in [2.24, 2.45) is 0 Å². The van der Waals surface area contributed by atoms with Gasteiger partial charge in [-0.25, -0.2) is 4.98 Å². The van der Waals surface area contributed by atoms with Crippen molar-refractivity contribution in [1.82, 2.24) is 15.0 Å². The zero-order chi connectivity index (χ0) is 26.1. The molecule has 0 spiro atoms. The molecule has 1 fully saturated rings. The number of aliphatic hydroxyl groups excluding tert-OH is 1. The molecule has 0 unspecified atom stereocenters. The van der Waals surface area contributed by atoms with Gasteiger partial charge in [0.2, 0.25) is 0 Å². The third kappa shape index (κ3) is 5.16. The number of rotatable bonds is 7. The number of hydrogen-bond donors (Lipinski definition) is 4. The zero-order valence-electron chi connectivity index (χ0n) is 21.0. The normalized spacial score (nSPS) is 16.7. The fourth-order valence-electron chi connectivity index (χ4n) is 4.70. The maximum atomic E-state index is 12.9. The molecule has 4 aromatic rings. The van der Waals surface area contributed by atoms with Crippen LogP contribution < -0.4 is 20.5 Å². The van der Waals surface area contributed by atoms with Crippen molar-refractivity contribution in [2.45, 2.75) is 26.1 Å². The van der Waals surface area contributed by atoms with Gasteiger partial charge in [-0.3, -0.25) is 4.79 Å². The lowest BCUT2D eigenvalue weighted by Gasteiger charge is -2.33. The van der Waals surface area contributed by atoms with E-state index < -0.39 is 6.10 Å². The van der Waals surface area contributed by atoms with E-state index in [4.69, 9.17) is 26.1 Å². The lowest BCUT2D eigenvalue weighted by Crippen LogP contribution is -2.41. The number of H-pyrrole nitrogens is 2. The van der Waals surface area contributed by atoms with Crippen molar-refractivity contribution < 1.29 is 14.6 Å². The van der Waals surface area contributed by atoms with E-state index in [-0.39, 0.29) is 18.2 Å². The predicted molar refractivity (Wildman–Crippen MR) is 146 cm³/mol. The number of imidazole rings is 1. The summed E-state index contributed by atoms with van der Waals surface area (Å²) in [7, 11) is 1.54. The molecule has 0 aliphatic carbocycles. The number of aromatic amines is 2. The van der Waals surface area contributed by atoms with E-state index in [0.29, 0.717) is 40.0 Å². The van der Waals surface area contributed by atoms with Crippen molar-refractivity contribution in [3.8, 4) is 17.1 Å². The standard InChI is InChI=1S/C27H30ClN5O4/c1-15-10-18(33-8-9-37-16(2)14-33)12-21-25(15)32-26(31-21)24-20(6-7-29-27(24)35)30-13-22(34)17-4-5-23(36-3)19(28)11-17/h4-7,10-12,16,22,34H,8-9,13-14H2,1-3H3,(H,31,32)(H2,29,30,35)/t16-,22+/m0/s1. The molecule has 2 aromatic carbocycles. The Kier molecular flexibility index (Phi) is 7.10. The molecule has 0 radical (unpaired) electrons. The second-order valence-corrected chi connectivity index (χ2v) is 9.67. The Balaban J connectivity index is 1.43. The Morgan fingerprint density at radius 2 is 2.16 bits per heavy atom. The van der Waals surface area contributed by atoms with Crippen LogP contribution in [0, 0.1) is 6.92 Å². The lowest BCUT2D eigenvalue weighted by atomic mass is 10.1. The van der Waals surface area contributed by atoms with E-state index in [0.717, 1.165) is 35.4 Å². The molecule has 4 N–H and O–H groups in total. The van der Waals surface area contributed by atoms with E-state index in [1.807, 2.05) is 6.92 Å². The van der Waals surface area contributed by atoms with Gasteiger partial charge in [-0.2, -0.15) is 0 Å². The van der Waals surface area contributed by atoms with E-state index >= 15 is 0 Å². The van der Waals surface area contributed by atoms with Gasteiger partial charge in [-0.15, -0.1) is 0 Å². The average molecular weight is 524 g/mol. The van der Waals surface area contributed by atoms with Gasteiger partial charge >= 0.3 is 0 Å². The highest BCUT2D eigenvalue weighted by atomic mass is 35.5.